The van der Waals surface area contributed by atoms with Crippen LogP contribution in [0, 0.1) is 0 Å². The van der Waals surface area contributed by atoms with Crippen LogP contribution in [0.25, 0.3) is 0 Å². The summed E-state index contributed by atoms with van der Waals surface area (Å²) in [5.41, 5.74) is 2.74. The number of carbonyl (C=O) groups is 1. The van der Waals surface area contributed by atoms with Crippen molar-refractivity contribution in [2.75, 3.05) is 33.4 Å². The highest BCUT2D eigenvalue weighted by atomic mass is 16.7. The van der Waals surface area contributed by atoms with Crippen LogP contribution in [0.2, 0.25) is 0 Å². The van der Waals surface area contributed by atoms with Crippen molar-refractivity contribution < 1.29 is 28.5 Å². The van der Waals surface area contributed by atoms with Gasteiger partial charge in [-0.3, -0.25) is 4.79 Å². The summed E-state index contributed by atoms with van der Waals surface area (Å²) in [5, 5.41) is 7.54. The second-order valence-corrected chi connectivity index (χ2v) is 7.55. The molecule has 9 heteroatoms. The van der Waals surface area contributed by atoms with Gasteiger partial charge in [-0.1, -0.05) is 6.07 Å². The van der Waals surface area contributed by atoms with Gasteiger partial charge in [0, 0.05) is 29.5 Å². The van der Waals surface area contributed by atoms with Crippen LogP contribution >= 0.6 is 0 Å². The minimum absolute atomic E-state index is 0.0909. The lowest BCUT2D eigenvalue weighted by Gasteiger charge is -2.26. The van der Waals surface area contributed by atoms with Gasteiger partial charge in [0.2, 0.25) is 12.7 Å². The Hall–Kier alpha value is -3.88. The van der Waals surface area contributed by atoms with Crippen LogP contribution in [0.3, 0.4) is 0 Å². The molecule has 1 N–H and O–H groups in total. The molecule has 1 amide bonds. The number of anilines is 1. The molecule has 3 heterocycles. The third-order valence-corrected chi connectivity index (χ3v) is 5.77. The summed E-state index contributed by atoms with van der Waals surface area (Å²) in [5.74, 6) is 3.53. The predicted octanol–water partition coefficient (Wildman–Crippen LogP) is 3.16. The lowest BCUT2D eigenvalue weighted by atomic mass is 9.86. The molecule has 0 radical (unpaired) electrons. The zero-order chi connectivity index (χ0) is 22.2. The molecule has 5 rings (SSSR count). The van der Waals surface area contributed by atoms with Crippen LogP contribution in [0.1, 0.15) is 29.0 Å². The van der Waals surface area contributed by atoms with E-state index in [9.17, 15) is 4.79 Å². The number of nitrogens with zero attached hydrogens (tertiary/aromatic N) is 2. The summed E-state index contributed by atoms with van der Waals surface area (Å²) in [6, 6.07) is 9.40. The number of benzene rings is 2. The summed E-state index contributed by atoms with van der Waals surface area (Å²) in [6.07, 6.45) is 2.07. The predicted molar refractivity (Wildman–Crippen MR) is 115 cm³/mol. The molecule has 0 saturated heterocycles. The smallest absolute Gasteiger partial charge is 0.231 e. The maximum atomic E-state index is 12.7. The highest BCUT2D eigenvalue weighted by molar-refractivity contribution is 5.94. The number of amides is 1. The minimum Gasteiger partial charge on any atom is -0.496 e. The summed E-state index contributed by atoms with van der Waals surface area (Å²) in [6.45, 7) is 0.697. The molecule has 0 saturated carbocycles. The van der Waals surface area contributed by atoms with Gasteiger partial charge in [0.25, 0.3) is 0 Å². The molecule has 9 nitrogen and oxygen atoms in total. The first kappa shape index (κ1) is 20.0. The van der Waals surface area contributed by atoms with Crippen LogP contribution in [0.15, 0.2) is 36.5 Å². The number of ether oxygens (including phenoxy) is 5. The molecule has 2 aliphatic rings. The van der Waals surface area contributed by atoms with Crippen molar-refractivity contribution in [2.45, 2.75) is 18.9 Å². The fraction of sp³-hybridized carbons (Fsp3) is 0.304. The molecule has 2 aliphatic heterocycles. The van der Waals surface area contributed by atoms with Crippen LogP contribution in [0.4, 0.5) is 5.82 Å². The molecule has 1 aromatic heterocycles. The lowest BCUT2D eigenvalue weighted by molar-refractivity contribution is -0.116. The number of methoxy groups -OCH3 is 3. The van der Waals surface area contributed by atoms with Crippen LogP contribution in [-0.2, 0) is 11.3 Å². The average molecular weight is 437 g/mol. The van der Waals surface area contributed by atoms with Crippen LogP contribution < -0.4 is 29.0 Å². The molecular formula is C23H23N3O6. The van der Waals surface area contributed by atoms with Crippen molar-refractivity contribution in [1.82, 2.24) is 9.78 Å². The van der Waals surface area contributed by atoms with Gasteiger partial charge in [-0.05, 0) is 23.8 Å². The maximum Gasteiger partial charge on any atom is 0.231 e. The summed E-state index contributed by atoms with van der Waals surface area (Å²) < 4.78 is 29.1. The Morgan fingerprint density at radius 2 is 1.75 bits per heavy atom. The van der Waals surface area contributed by atoms with Crippen LogP contribution in [0.5, 0.6) is 28.7 Å². The second-order valence-electron chi connectivity index (χ2n) is 7.55. The van der Waals surface area contributed by atoms with Crippen molar-refractivity contribution in [2.24, 2.45) is 0 Å². The molecule has 1 atom stereocenters. The van der Waals surface area contributed by atoms with E-state index in [2.05, 4.69) is 10.4 Å². The van der Waals surface area contributed by atoms with E-state index in [1.54, 1.807) is 38.3 Å². The van der Waals surface area contributed by atoms with Gasteiger partial charge < -0.3 is 29.0 Å². The average Bonchev–Trinajstić information content (AvgIpc) is 3.44. The Bertz CT molecular complexity index is 1190. The number of hydrogen-bond acceptors (Lipinski definition) is 7. The SMILES string of the molecule is COc1cc(OC)c([C@H]2CC(=O)Nc3c2cnn3Cc2ccc3c(c2)OCO3)cc1OC. The molecular weight excluding hydrogens is 414 g/mol. The van der Waals surface area contributed by atoms with Gasteiger partial charge in [0.1, 0.15) is 11.6 Å². The highest BCUT2D eigenvalue weighted by Crippen LogP contribution is 2.45. The van der Waals surface area contributed by atoms with E-state index in [0.717, 1.165) is 22.4 Å². The van der Waals surface area contributed by atoms with Gasteiger partial charge in [0.15, 0.2) is 23.0 Å². The number of aromatic nitrogens is 2. The normalized spacial score (nSPS) is 16.3. The zero-order valence-corrected chi connectivity index (χ0v) is 18.0. The third-order valence-electron chi connectivity index (χ3n) is 5.77. The molecule has 2 aromatic carbocycles. The van der Waals surface area contributed by atoms with E-state index in [1.165, 1.54) is 0 Å². The topological polar surface area (TPSA) is 93.1 Å². The number of rotatable bonds is 6. The number of carbonyl (C=O) groups excluding carboxylic acids is 1. The standard InChI is InChI=1S/C23H23N3O6/c1-28-18-9-20(30-3)19(29-2)7-15(18)14-8-22(27)25-23-16(14)10-24-26(23)11-13-4-5-17-21(6-13)32-12-31-17/h4-7,9-10,14H,8,11-12H2,1-3H3,(H,25,27)/t14-/m1/s1. The number of fused-ring (bicyclic) bond motifs is 2. The number of hydrogen-bond donors (Lipinski definition) is 1. The van der Waals surface area contributed by atoms with Crippen molar-refractivity contribution in [1.29, 1.82) is 0 Å². The van der Waals surface area contributed by atoms with Crippen molar-refractivity contribution in [3.63, 3.8) is 0 Å². The number of nitrogens with one attached hydrogen (secondary N) is 1. The van der Waals surface area contributed by atoms with E-state index in [-0.39, 0.29) is 25.0 Å². The Kier molecular flexibility index (Phi) is 5.01. The van der Waals surface area contributed by atoms with Crippen molar-refractivity contribution >= 4 is 11.7 Å². The van der Waals surface area contributed by atoms with E-state index >= 15 is 0 Å². The molecule has 166 valence electrons. The fourth-order valence-electron chi connectivity index (χ4n) is 4.20. The Morgan fingerprint density at radius 1 is 1.00 bits per heavy atom. The molecule has 0 fully saturated rings. The monoisotopic (exact) mass is 437 g/mol. The summed E-state index contributed by atoms with van der Waals surface area (Å²) in [7, 11) is 4.75. The quantitative estimate of drug-likeness (QED) is 0.633. The van der Waals surface area contributed by atoms with Gasteiger partial charge in [-0.15, -0.1) is 0 Å². The van der Waals surface area contributed by atoms with Crippen molar-refractivity contribution in [3.8, 4) is 28.7 Å². The Morgan fingerprint density at radius 3 is 2.53 bits per heavy atom. The maximum absolute atomic E-state index is 12.7. The molecule has 0 aliphatic carbocycles. The van der Waals surface area contributed by atoms with Gasteiger partial charge in [-0.25, -0.2) is 4.68 Å². The zero-order valence-electron chi connectivity index (χ0n) is 18.0. The Labute approximate surface area is 184 Å². The van der Waals surface area contributed by atoms with Gasteiger partial charge in [-0.2, -0.15) is 5.10 Å². The van der Waals surface area contributed by atoms with Gasteiger partial charge in [0.05, 0.1) is 34.1 Å². The van der Waals surface area contributed by atoms with Crippen molar-refractivity contribution in [3.05, 3.63) is 53.2 Å². The van der Waals surface area contributed by atoms with Crippen LogP contribution in [-0.4, -0.2) is 43.8 Å². The van der Waals surface area contributed by atoms with E-state index in [4.69, 9.17) is 23.7 Å². The fourth-order valence-corrected chi connectivity index (χ4v) is 4.20. The third kappa shape index (κ3) is 3.35. The molecule has 32 heavy (non-hydrogen) atoms. The van der Waals surface area contributed by atoms with E-state index < -0.39 is 0 Å². The Balaban J connectivity index is 1.52. The summed E-state index contributed by atoms with van der Waals surface area (Å²) >= 11 is 0. The molecule has 0 bridgehead atoms. The first-order valence-corrected chi connectivity index (χ1v) is 10.1. The van der Waals surface area contributed by atoms with E-state index in [0.29, 0.717) is 35.4 Å². The van der Waals surface area contributed by atoms with Gasteiger partial charge >= 0.3 is 0 Å². The lowest BCUT2D eigenvalue weighted by Crippen LogP contribution is -2.25. The summed E-state index contributed by atoms with van der Waals surface area (Å²) in [4.78, 5) is 12.7. The van der Waals surface area contributed by atoms with E-state index in [1.807, 2.05) is 24.3 Å². The molecule has 0 spiro atoms. The molecule has 3 aromatic rings. The highest BCUT2D eigenvalue weighted by Gasteiger charge is 2.33. The second kappa shape index (κ2) is 7.99. The first-order valence-electron chi connectivity index (χ1n) is 10.1. The largest absolute Gasteiger partial charge is 0.496 e. The first-order chi connectivity index (χ1) is 15.6. The minimum atomic E-state index is -0.237. The molecule has 0 unspecified atom stereocenters.